The average Bonchev–Trinajstić information content (AvgIpc) is 3.29. The van der Waals surface area contributed by atoms with Crippen LogP contribution in [0.15, 0.2) is 63.8 Å². The third-order valence-corrected chi connectivity index (χ3v) is 6.94. The Bertz CT molecular complexity index is 1440. The van der Waals surface area contributed by atoms with Gasteiger partial charge < -0.3 is 19.7 Å². The molecular formula is C27H30N4O5S. The zero-order valence-corrected chi connectivity index (χ0v) is 21.9. The second-order valence-electron chi connectivity index (χ2n) is 8.62. The molecule has 2 amide bonds. The largest absolute Gasteiger partial charge is 0.459 e. The van der Waals surface area contributed by atoms with Crippen molar-refractivity contribution in [2.45, 2.75) is 13.3 Å². The molecule has 1 aromatic carbocycles. The molecule has 9 nitrogen and oxygen atoms in total. The number of rotatable bonds is 9. The van der Waals surface area contributed by atoms with Crippen LogP contribution in [0.2, 0.25) is 0 Å². The Morgan fingerprint density at radius 2 is 1.95 bits per heavy atom. The molecule has 2 aromatic heterocycles. The number of carbonyl (C=O) groups is 2. The number of aryl methyl sites for hydroxylation is 1. The van der Waals surface area contributed by atoms with Crippen LogP contribution in [-0.4, -0.2) is 69.8 Å². The number of hydrogen-bond acceptors (Lipinski definition) is 7. The molecule has 0 spiro atoms. The Morgan fingerprint density at radius 1 is 1.16 bits per heavy atom. The van der Waals surface area contributed by atoms with Crippen molar-refractivity contribution < 1.29 is 23.3 Å². The Kier molecular flexibility index (Phi) is 9.74. The minimum Gasteiger partial charge on any atom is -0.459 e. The van der Waals surface area contributed by atoms with Gasteiger partial charge in [0.1, 0.15) is 0 Å². The minimum atomic E-state index is -2.71. The number of anilines is 1. The molecule has 0 radical (unpaired) electrons. The fraction of sp³-hybridized carbons (Fsp3) is 0.296. The van der Waals surface area contributed by atoms with Gasteiger partial charge in [-0.25, -0.2) is 4.21 Å². The van der Waals surface area contributed by atoms with Gasteiger partial charge in [-0.2, -0.15) is 4.36 Å². The van der Waals surface area contributed by atoms with Gasteiger partial charge in [0.15, 0.2) is 5.76 Å². The van der Waals surface area contributed by atoms with E-state index < -0.39 is 15.6 Å². The summed E-state index contributed by atoms with van der Waals surface area (Å²) in [4.78, 5) is 31.0. The molecule has 0 bridgehead atoms. The maximum Gasteiger partial charge on any atom is 0.291 e. The molecule has 2 heterocycles. The number of carbonyl (C=O) groups excluding carboxylic acids is 2. The van der Waals surface area contributed by atoms with Gasteiger partial charge in [-0.1, -0.05) is 17.9 Å². The molecule has 10 heteroatoms. The number of nitrogens with zero attached hydrogens (tertiary/aromatic N) is 3. The fourth-order valence-corrected chi connectivity index (χ4v) is 4.61. The molecule has 0 saturated carbocycles. The molecule has 0 saturated heterocycles. The van der Waals surface area contributed by atoms with E-state index in [-0.39, 0.29) is 29.6 Å². The first-order valence-electron chi connectivity index (χ1n) is 11.6. The lowest BCUT2D eigenvalue weighted by Gasteiger charge is -2.14. The number of likely N-dealkylation sites (N-methyl/N-ethyl adjacent to an activating group) is 1. The van der Waals surface area contributed by atoms with Crippen molar-refractivity contribution in [2.24, 2.45) is 4.36 Å². The van der Waals surface area contributed by atoms with Crippen LogP contribution in [0.3, 0.4) is 0 Å². The Labute approximate surface area is 217 Å². The minimum absolute atomic E-state index is 0.0561. The van der Waals surface area contributed by atoms with E-state index in [4.69, 9.17) is 9.52 Å². The second kappa shape index (κ2) is 13.0. The SMILES string of the molecule is Cc1ccoc1C(=O)Nc1cccc(C#Cc2cncc(C(=O)N=[S@](C)(=O)CCCN(C)CCO)c2)c1. The van der Waals surface area contributed by atoms with Crippen molar-refractivity contribution in [3.05, 3.63) is 83.1 Å². The Balaban J connectivity index is 1.68. The van der Waals surface area contributed by atoms with E-state index in [9.17, 15) is 13.8 Å². The summed E-state index contributed by atoms with van der Waals surface area (Å²) in [7, 11) is -0.847. The van der Waals surface area contributed by atoms with Crippen molar-refractivity contribution in [3.8, 4) is 11.8 Å². The molecule has 2 N–H and O–H groups in total. The van der Waals surface area contributed by atoms with E-state index >= 15 is 0 Å². The lowest BCUT2D eigenvalue weighted by atomic mass is 10.1. The van der Waals surface area contributed by atoms with E-state index in [2.05, 4.69) is 26.5 Å². The Hall–Kier alpha value is -3.78. The fourth-order valence-electron chi connectivity index (χ4n) is 3.40. The number of aliphatic hydroxyl groups is 1. The van der Waals surface area contributed by atoms with Gasteiger partial charge in [-0.3, -0.25) is 14.6 Å². The summed E-state index contributed by atoms with van der Waals surface area (Å²) in [6, 6.07) is 10.3. The summed E-state index contributed by atoms with van der Waals surface area (Å²) >= 11 is 0. The normalized spacial score (nSPS) is 12.4. The zero-order valence-electron chi connectivity index (χ0n) is 21.1. The topological polar surface area (TPSA) is 125 Å². The average molecular weight is 523 g/mol. The first-order chi connectivity index (χ1) is 17.7. The molecule has 0 aliphatic rings. The number of amides is 2. The standard InChI is InChI=1S/C27H30N4O5S/c1-20-10-14-36-25(20)27(34)29-24-7-4-6-21(17-24)8-9-22-16-23(19-28-18-22)26(33)30-37(3,35)15-5-11-31(2)12-13-32/h4,6-7,10,14,16-19,32H,5,11-13,15H2,1-3H3,(H,29,34)/t37-/m1/s1. The molecule has 3 aromatic rings. The van der Waals surface area contributed by atoms with E-state index in [1.807, 2.05) is 11.9 Å². The highest BCUT2D eigenvalue weighted by molar-refractivity contribution is 7.93. The lowest BCUT2D eigenvalue weighted by Crippen LogP contribution is -2.24. The van der Waals surface area contributed by atoms with E-state index in [0.29, 0.717) is 36.3 Å². The summed E-state index contributed by atoms with van der Waals surface area (Å²) in [6.45, 7) is 3.03. The molecule has 0 unspecified atom stereocenters. The summed E-state index contributed by atoms with van der Waals surface area (Å²) in [6.07, 6.45) is 6.41. The molecular weight excluding hydrogens is 492 g/mol. The van der Waals surface area contributed by atoms with Crippen LogP contribution in [0.1, 0.15) is 44.0 Å². The number of hydrogen-bond donors (Lipinski definition) is 2. The van der Waals surface area contributed by atoms with Crippen LogP contribution in [0.5, 0.6) is 0 Å². The maximum atomic E-state index is 12.8. The van der Waals surface area contributed by atoms with Gasteiger partial charge in [-0.15, -0.1) is 0 Å². The van der Waals surface area contributed by atoms with Gasteiger partial charge in [0.2, 0.25) is 0 Å². The van der Waals surface area contributed by atoms with Crippen LogP contribution in [0.4, 0.5) is 5.69 Å². The molecule has 3 rings (SSSR count). The highest BCUT2D eigenvalue weighted by Crippen LogP contribution is 2.15. The van der Waals surface area contributed by atoms with Crippen molar-refractivity contribution in [1.82, 2.24) is 9.88 Å². The van der Waals surface area contributed by atoms with Gasteiger partial charge in [-0.05, 0) is 57.3 Å². The lowest BCUT2D eigenvalue weighted by molar-refractivity contribution is 0.0991. The number of aliphatic hydroxyl groups excluding tert-OH is 1. The van der Waals surface area contributed by atoms with Gasteiger partial charge in [0.05, 0.1) is 28.2 Å². The van der Waals surface area contributed by atoms with Crippen molar-refractivity contribution in [1.29, 1.82) is 0 Å². The predicted molar refractivity (Wildman–Crippen MR) is 143 cm³/mol. The van der Waals surface area contributed by atoms with Crippen LogP contribution in [0, 0.1) is 18.8 Å². The number of benzene rings is 1. The molecule has 0 aliphatic carbocycles. The quantitative estimate of drug-likeness (QED) is 0.414. The van der Waals surface area contributed by atoms with Crippen LogP contribution in [0.25, 0.3) is 0 Å². The number of aromatic nitrogens is 1. The number of pyridine rings is 1. The monoisotopic (exact) mass is 522 g/mol. The highest BCUT2D eigenvalue weighted by atomic mass is 32.2. The molecule has 37 heavy (non-hydrogen) atoms. The number of nitrogens with one attached hydrogen (secondary N) is 1. The van der Waals surface area contributed by atoms with Crippen LogP contribution in [-0.2, 0) is 9.73 Å². The van der Waals surface area contributed by atoms with Gasteiger partial charge in [0.25, 0.3) is 11.8 Å². The second-order valence-corrected chi connectivity index (χ2v) is 11.1. The predicted octanol–water partition coefficient (Wildman–Crippen LogP) is 3.19. The van der Waals surface area contributed by atoms with Crippen molar-refractivity contribution in [3.63, 3.8) is 0 Å². The van der Waals surface area contributed by atoms with E-state index in [1.165, 1.54) is 24.9 Å². The molecule has 1 atom stereocenters. The zero-order chi connectivity index (χ0) is 26.8. The Morgan fingerprint density at radius 3 is 2.68 bits per heavy atom. The van der Waals surface area contributed by atoms with Gasteiger partial charge in [0, 0.05) is 53.3 Å². The molecule has 194 valence electrons. The third kappa shape index (κ3) is 8.68. The van der Waals surface area contributed by atoms with Crippen LogP contribution < -0.4 is 5.32 Å². The summed E-state index contributed by atoms with van der Waals surface area (Å²) in [5, 5.41) is 11.7. The van der Waals surface area contributed by atoms with Gasteiger partial charge >= 0.3 is 0 Å². The molecule has 0 fully saturated rings. The first kappa shape index (κ1) is 27.8. The smallest absolute Gasteiger partial charge is 0.291 e. The van der Waals surface area contributed by atoms with Crippen molar-refractivity contribution in [2.75, 3.05) is 44.1 Å². The van der Waals surface area contributed by atoms with E-state index in [0.717, 1.165) is 5.56 Å². The summed E-state index contributed by atoms with van der Waals surface area (Å²) < 4.78 is 21.9. The third-order valence-electron chi connectivity index (χ3n) is 5.35. The number of furan rings is 1. The first-order valence-corrected chi connectivity index (χ1v) is 13.7. The summed E-state index contributed by atoms with van der Waals surface area (Å²) in [5.74, 6) is 5.52. The summed E-state index contributed by atoms with van der Waals surface area (Å²) in [5.41, 5.74) is 2.65. The highest BCUT2D eigenvalue weighted by Gasteiger charge is 2.13. The van der Waals surface area contributed by atoms with Crippen molar-refractivity contribution >= 4 is 27.2 Å². The molecule has 0 aliphatic heterocycles. The maximum absolute atomic E-state index is 12.8. The van der Waals surface area contributed by atoms with Crippen LogP contribution >= 0.6 is 0 Å². The van der Waals surface area contributed by atoms with E-state index in [1.54, 1.807) is 43.3 Å².